The molecule has 0 fully saturated rings. The van der Waals surface area contributed by atoms with E-state index in [9.17, 15) is 4.79 Å². The predicted molar refractivity (Wildman–Crippen MR) is 58.4 cm³/mol. The van der Waals surface area contributed by atoms with Gasteiger partial charge in [-0.3, -0.25) is 4.79 Å². The van der Waals surface area contributed by atoms with Crippen molar-refractivity contribution in [3.05, 3.63) is 28.5 Å². The molecule has 4 heteroatoms. The lowest BCUT2D eigenvalue weighted by Gasteiger charge is -2.14. The summed E-state index contributed by atoms with van der Waals surface area (Å²) in [5, 5.41) is 0.480. The molecule has 0 spiro atoms. The average Bonchev–Trinajstić information content (AvgIpc) is 2.54. The van der Waals surface area contributed by atoms with E-state index in [-0.39, 0.29) is 5.78 Å². The highest BCUT2D eigenvalue weighted by atomic mass is 35.5. The maximum Gasteiger partial charge on any atom is 0.203 e. The fourth-order valence-electron chi connectivity index (χ4n) is 2.12. The maximum atomic E-state index is 11.7. The van der Waals surface area contributed by atoms with Crippen molar-refractivity contribution in [2.24, 2.45) is 0 Å². The summed E-state index contributed by atoms with van der Waals surface area (Å²) < 4.78 is 1.92. The summed E-state index contributed by atoms with van der Waals surface area (Å²) in [6.07, 6.45) is 0.515. The molecule has 1 aromatic heterocycles. The van der Waals surface area contributed by atoms with Crippen LogP contribution in [0.1, 0.15) is 22.3 Å². The van der Waals surface area contributed by atoms with E-state index in [2.05, 4.69) is 4.98 Å². The molecular weight excluding hydrogens is 212 g/mol. The van der Waals surface area contributed by atoms with Crippen LogP contribution in [0.3, 0.4) is 0 Å². The Morgan fingerprint density at radius 1 is 1.47 bits per heavy atom. The normalized spacial score (nSPS) is 14.9. The highest BCUT2D eigenvalue weighted by Gasteiger charge is 2.23. The molecule has 76 valence electrons. The zero-order valence-electron chi connectivity index (χ0n) is 8.25. The number of ketones is 1. The molecule has 3 rings (SSSR count). The summed E-state index contributed by atoms with van der Waals surface area (Å²) in [4.78, 5) is 16.0. The monoisotopic (exact) mass is 220 g/mol. The molecule has 1 aliphatic rings. The van der Waals surface area contributed by atoms with E-state index in [4.69, 9.17) is 11.6 Å². The van der Waals surface area contributed by atoms with Crippen LogP contribution in [0.2, 0.25) is 5.28 Å². The molecule has 2 aromatic rings. The smallest absolute Gasteiger partial charge is 0.203 e. The van der Waals surface area contributed by atoms with Crippen molar-refractivity contribution in [3.8, 4) is 0 Å². The number of imidazole rings is 1. The third-order valence-corrected chi connectivity index (χ3v) is 3.20. The Balaban J connectivity index is 2.54. The van der Waals surface area contributed by atoms with E-state index >= 15 is 0 Å². The Hall–Kier alpha value is -1.35. The van der Waals surface area contributed by atoms with Crippen molar-refractivity contribution < 1.29 is 4.79 Å². The molecule has 0 aliphatic carbocycles. The van der Waals surface area contributed by atoms with Crippen molar-refractivity contribution in [2.45, 2.75) is 19.9 Å². The minimum atomic E-state index is 0.184. The van der Waals surface area contributed by atoms with Gasteiger partial charge in [-0.25, -0.2) is 4.98 Å². The van der Waals surface area contributed by atoms with Gasteiger partial charge in [-0.05, 0) is 30.2 Å². The van der Waals surface area contributed by atoms with Gasteiger partial charge in [0, 0.05) is 18.5 Å². The average molecular weight is 221 g/mol. The summed E-state index contributed by atoms with van der Waals surface area (Å²) in [6, 6.07) is 3.79. The first-order valence-corrected chi connectivity index (χ1v) is 5.25. The van der Waals surface area contributed by atoms with Gasteiger partial charge in [0.1, 0.15) is 0 Å². The first kappa shape index (κ1) is 8.92. The maximum absolute atomic E-state index is 11.7. The SMILES string of the molecule is Cc1ccc2c3c1nc(Cl)n3CCC2=O. The van der Waals surface area contributed by atoms with E-state index in [1.165, 1.54) is 0 Å². The number of aromatic nitrogens is 2. The molecule has 0 unspecified atom stereocenters. The number of nitrogens with zero attached hydrogens (tertiary/aromatic N) is 2. The third kappa shape index (κ3) is 1.07. The van der Waals surface area contributed by atoms with Crippen LogP contribution in [0, 0.1) is 6.92 Å². The Bertz CT molecular complexity index is 586. The lowest BCUT2D eigenvalue weighted by Crippen LogP contribution is -2.14. The van der Waals surface area contributed by atoms with E-state index in [0.29, 0.717) is 18.2 Å². The van der Waals surface area contributed by atoms with Crippen molar-refractivity contribution >= 4 is 28.4 Å². The molecular formula is C11H9ClN2O. The van der Waals surface area contributed by atoms with Crippen LogP contribution < -0.4 is 0 Å². The van der Waals surface area contributed by atoms with E-state index < -0.39 is 0 Å². The summed E-state index contributed by atoms with van der Waals surface area (Å²) in [6.45, 7) is 2.62. The largest absolute Gasteiger partial charge is 0.314 e. The minimum Gasteiger partial charge on any atom is -0.314 e. The van der Waals surface area contributed by atoms with E-state index in [1.54, 1.807) is 0 Å². The standard InChI is InChI=1S/C11H9ClN2O/c1-6-2-3-7-8(15)4-5-14-10(7)9(6)13-11(14)12/h2-3H,4-5H2,1H3. The lowest BCUT2D eigenvalue weighted by molar-refractivity contribution is 0.0973. The van der Waals surface area contributed by atoms with Gasteiger partial charge in [0.2, 0.25) is 5.28 Å². The number of hydrogen-bond acceptors (Lipinski definition) is 2. The summed E-state index contributed by atoms with van der Waals surface area (Å²) in [5.41, 5.74) is 3.56. The molecule has 2 heterocycles. The number of hydrogen-bond donors (Lipinski definition) is 0. The van der Waals surface area contributed by atoms with Crippen molar-refractivity contribution in [3.63, 3.8) is 0 Å². The quantitative estimate of drug-likeness (QED) is 0.684. The molecule has 1 aromatic carbocycles. The second-order valence-electron chi connectivity index (χ2n) is 3.83. The molecule has 0 saturated heterocycles. The second kappa shape index (κ2) is 2.83. The number of aryl methyl sites for hydroxylation is 2. The Kier molecular flexibility index (Phi) is 1.68. The van der Waals surface area contributed by atoms with Crippen LogP contribution in [0.5, 0.6) is 0 Å². The number of halogens is 1. The van der Waals surface area contributed by atoms with Gasteiger partial charge in [0.05, 0.1) is 11.0 Å². The van der Waals surface area contributed by atoms with Crippen LogP contribution >= 0.6 is 11.6 Å². The van der Waals surface area contributed by atoms with Gasteiger partial charge >= 0.3 is 0 Å². The van der Waals surface area contributed by atoms with Gasteiger partial charge in [-0.1, -0.05) is 6.07 Å². The highest BCUT2D eigenvalue weighted by Crippen LogP contribution is 2.30. The van der Waals surface area contributed by atoms with Crippen LogP contribution in [0.15, 0.2) is 12.1 Å². The molecule has 0 N–H and O–H groups in total. The van der Waals surface area contributed by atoms with Crippen molar-refractivity contribution in [1.82, 2.24) is 9.55 Å². The molecule has 0 saturated carbocycles. The van der Waals surface area contributed by atoms with Crippen molar-refractivity contribution in [2.75, 3.05) is 0 Å². The van der Waals surface area contributed by atoms with Crippen LogP contribution in [-0.2, 0) is 6.54 Å². The summed E-state index contributed by atoms with van der Waals surface area (Å²) in [7, 11) is 0. The molecule has 0 amide bonds. The fraction of sp³-hybridized carbons (Fsp3) is 0.273. The first-order chi connectivity index (χ1) is 7.18. The van der Waals surface area contributed by atoms with Gasteiger partial charge in [-0.15, -0.1) is 0 Å². The first-order valence-electron chi connectivity index (χ1n) is 4.87. The van der Waals surface area contributed by atoms with Crippen LogP contribution in [0.25, 0.3) is 11.0 Å². The summed E-state index contributed by atoms with van der Waals surface area (Å²) in [5.74, 6) is 0.184. The number of carbonyl (C=O) groups is 1. The van der Waals surface area contributed by atoms with Gasteiger partial charge < -0.3 is 4.57 Å². The topological polar surface area (TPSA) is 34.9 Å². The minimum absolute atomic E-state index is 0.184. The Morgan fingerprint density at radius 3 is 3.07 bits per heavy atom. The highest BCUT2D eigenvalue weighted by molar-refractivity contribution is 6.29. The van der Waals surface area contributed by atoms with E-state index in [1.807, 2.05) is 23.6 Å². The molecule has 15 heavy (non-hydrogen) atoms. The molecule has 1 aliphatic heterocycles. The second-order valence-corrected chi connectivity index (χ2v) is 4.17. The van der Waals surface area contributed by atoms with Crippen LogP contribution in [0.4, 0.5) is 0 Å². The molecule has 0 radical (unpaired) electrons. The van der Waals surface area contributed by atoms with Crippen molar-refractivity contribution in [1.29, 1.82) is 0 Å². The Morgan fingerprint density at radius 2 is 2.27 bits per heavy atom. The Labute approximate surface area is 91.7 Å². The number of benzene rings is 1. The summed E-state index contributed by atoms with van der Waals surface area (Å²) >= 11 is 6.03. The lowest BCUT2D eigenvalue weighted by atomic mass is 10.0. The molecule has 0 atom stereocenters. The van der Waals surface area contributed by atoms with Gasteiger partial charge in [0.15, 0.2) is 5.78 Å². The van der Waals surface area contributed by atoms with Gasteiger partial charge in [-0.2, -0.15) is 0 Å². The number of Topliss-reactive ketones (excluding diaryl/α,β-unsaturated/α-hetero) is 1. The molecule has 0 bridgehead atoms. The molecule has 3 nitrogen and oxygen atoms in total. The van der Waals surface area contributed by atoms with Crippen LogP contribution in [-0.4, -0.2) is 15.3 Å². The number of rotatable bonds is 0. The predicted octanol–water partition coefficient (Wildman–Crippen LogP) is 2.58. The zero-order chi connectivity index (χ0) is 10.6. The zero-order valence-corrected chi connectivity index (χ0v) is 9.01. The van der Waals surface area contributed by atoms with Gasteiger partial charge in [0.25, 0.3) is 0 Å². The van der Waals surface area contributed by atoms with E-state index in [0.717, 1.165) is 22.2 Å². The third-order valence-electron chi connectivity index (χ3n) is 2.91. The number of carbonyl (C=O) groups excluding carboxylic acids is 1. The fourth-order valence-corrected chi connectivity index (χ4v) is 2.37.